The van der Waals surface area contributed by atoms with Crippen molar-refractivity contribution < 1.29 is 14.3 Å². The van der Waals surface area contributed by atoms with E-state index in [1.807, 2.05) is 0 Å². The quantitative estimate of drug-likeness (QED) is 0.688. The van der Waals surface area contributed by atoms with E-state index in [0.29, 0.717) is 6.54 Å². The van der Waals surface area contributed by atoms with E-state index in [2.05, 4.69) is 5.32 Å². The highest BCUT2D eigenvalue weighted by molar-refractivity contribution is 5.87. The minimum Gasteiger partial charge on any atom is -0.467 e. The highest BCUT2D eigenvalue weighted by Gasteiger charge is 2.39. The molecule has 2 fully saturated rings. The highest BCUT2D eigenvalue weighted by Crippen LogP contribution is 2.21. The molecule has 0 saturated carbocycles. The van der Waals surface area contributed by atoms with Crippen LogP contribution in [0.15, 0.2) is 0 Å². The Morgan fingerprint density at radius 3 is 2.56 bits per heavy atom. The smallest absolute Gasteiger partial charge is 0.328 e. The predicted octanol–water partition coefficient (Wildman–Crippen LogP) is -0.208. The summed E-state index contributed by atoms with van der Waals surface area (Å²) < 4.78 is 4.70. The first kappa shape index (κ1) is 13.3. The zero-order valence-electron chi connectivity index (χ0n) is 9.27. The third-order valence-electron chi connectivity index (χ3n) is 3.14. The van der Waals surface area contributed by atoms with Crippen LogP contribution in [-0.4, -0.2) is 49.6 Å². The molecule has 16 heavy (non-hydrogen) atoms. The molecule has 1 unspecified atom stereocenters. The number of halogens is 1. The van der Waals surface area contributed by atoms with Gasteiger partial charge in [-0.3, -0.25) is 4.79 Å². The first-order chi connectivity index (χ1) is 7.24. The molecule has 0 aromatic heterocycles. The van der Waals surface area contributed by atoms with Crippen LogP contribution in [0.1, 0.15) is 12.8 Å². The fourth-order valence-corrected chi connectivity index (χ4v) is 2.11. The predicted molar refractivity (Wildman–Crippen MR) is 60.4 cm³/mol. The maximum atomic E-state index is 11.9. The van der Waals surface area contributed by atoms with Gasteiger partial charge < -0.3 is 15.0 Å². The average molecular weight is 249 g/mol. The molecule has 0 bridgehead atoms. The highest BCUT2D eigenvalue weighted by atomic mass is 35.5. The Morgan fingerprint density at radius 2 is 2.06 bits per heavy atom. The van der Waals surface area contributed by atoms with Gasteiger partial charge in [0.2, 0.25) is 5.91 Å². The minimum absolute atomic E-state index is 0. The maximum absolute atomic E-state index is 11.9. The number of carbonyl (C=O) groups excluding carboxylic acids is 2. The lowest BCUT2D eigenvalue weighted by Crippen LogP contribution is -2.54. The number of methoxy groups -OCH3 is 1. The SMILES string of the molecule is COC(=O)C1CCCN1C(=O)C1CNC1.Cl. The number of likely N-dealkylation sites (tertiary alicyclic amines) is 1. The van der Waals surface area contributed by atoms with Crippen molar-refractivity contribution in [1.82, 2.24) is 10.2 Å². The van der Waals surface area contributed by atoms with Crippen molar-refractivity contribution in [3.05, 3.63) is 0 Å². The lowest BCUT2D eigenvalue weighted by Gasteiger charge is -2.32. The molecule has 1 N–H and O–H groups in total. The molecular weight excluding hydrogens is 232 g/mol. The summed E-state index contributed by atoms with van der Waals surface area (Å²) in [5.41, 5.74) is 0. The molecule has 2 heterocycles. The molecule has 0 aromatic rings. The number of esters is 1. The first-order valence-corrected chi connectivity index (χ1v) is 5.33. The van der Waals surface area contributed by atoms with E-state index in [9.17, 15) is 9.59 Å². The Balaban J connectivity index is 0.00000128. The number of nitrogens with zero attached hydrogens (tertiary/aromatic N) is 1. The lowest BCUT2D eigenvalue weighted by atomic mass is 10.0. The van der Waals surface area contributed by atoms with E-state index in [4.69, 9.17) is 4.74 Å². The van der Waals surface area contributed by atoms with Crippen LogP contribution < -0.4 is 5.32 Å². The van der Waals surface area contributed by atoms with Crippen molar-refractivity contribution in [3.8, 4) is 0 Å². The normalized spacial score (nSPS) is 24.6. The number of ether oxygens (including phenoxy) is 1. The molecule has 0 aromatic carbocycles. The fraction of sp³-hybridized carbons (Fsp3) is 0.800. The van der Waals surface area contributed by atoms with Gasteiger partial charge in [0.05, 0.1) is 13.0 Å². The van der Waals surface area contributed by atoms with Gasteiger partial charge in [-0.25, -0.2) is 4.79 Å². The maximum Gasteiger partial charge on any atom is 0.328 e. The van der Waals surface area contributed by atoms with Gasteiger partial charge in [0.25, 0.3) is 0 Å². The zero-order valence-corrected chi connectivity index (χ0v) is 10.1. The van der Waals surface area contributed by atoms with Gasteiger partial charge in [0.1, 0.15) is 6.04 Å². The third kappa shape index (κ3) is 2.30. The van der Waals surface area contributed by atoms with Gasteiger partial charge in [-0.1, -0.05) is 0 Å². The Bertz CT molecular complexity index is 281. The van der Waals surface area contributed by atoms with Gasteiger partial charge in [0.15, 0.2) is 0 Å². The number of nitrogens with one attached hydrogen (secondary N) is 1. The van der Waals surface area contributed by atoms with Crippen LogP contribution in [-0.2, 0) is 14.3 Å². The van der Waals surface area contributed by atoms with Crippen molar-refractivity contribution in [2.24, 2.45) is 5.92 Å². The third-order valence-corrected chi connectivity index (χ3v) is 3.14. The summed E-state index contributed by atoms with van der Waals surface area (Å²) in [6.07, 6.45) is 1.63. The van der Waals surface area contributed by atoms with Crippen LogP contribution in [0.3, 0.4) is 0 Å². The average Bonchev–Trinajstić information content (AvgIpc) is 2.62. The molecule has 2 saturated heterocycles. The van der Waals surface area contributed by atoms with E-state index in [1.165, 1.54) is 7.11 Å². The Kier molecular flexibility index (Phi) is 4.56. The van der Waals surface area contributed by atoms with E-state index in [0.717, 1.165) is 25.9 Å². The molecule has 0 radical (unpaired) electrons. The number of carbonyl (C=O) groups is 2. The van der Waals surface area contributed by atoms with Crippen LogP contribution in [0, 0.1) is 5.92 Å². The Labute approximate surface area is 101 Å². The molecule has 1 amide bonds. The Hall–Kier alpha value is -0.810. The largest absolute Gasteiger partial charge is 0.467 e. The molecule has 2 aliphatic heterocycles. The molecule has 0 spiro atoms. The van der Waals surface area contributed by atoms with Crippen molar-refractivity contribution in [1.29, 1.82) is 0 Å². The van der Waals surface area contributed by atoms with Gasteiger partial charge in [-0.15, -0.1) is 12.4 Å². The van der Waals surface area contributed by atoms with E-state index >= 15 is 0 Å². The summed E-state index contributed by atoms with van der Waals surface area (Å²) in [7, 11) is 1.37. The van der Waals surface area contributed by atoms with Crippen molar-refractivity contribution >= 4 is 24.3 Å². The van der Waals surface area contributed by atoms with E-state index in [1.54, 1.807) is 4.90 Å². The van der Waals surface area contributed by atoms with Crippen molar-refractivity contribution in [2.75, 3.05) is 26.7 Å². The second-order valence-electron chi connectivity index (χ2n) is 4.07. The van der Waals surface area contributed by atoms with Crippen LogP contribution in [0.4, 0.5) is 0 Å². The number of amides is 1. The fourth-order valence-electron chi connectivity index (χ4n) is 2.11. The van der Waals surface area contributed by atoms with Crippen LogP contribution >= 0.6 is 12.4 Å². The summed E-state index contributed by atoms with van der Waals surface area (Å²) in [6.45, 7) is 2.17. The summed E-state index contributed by atoms with van der Waals surface area (Å²) in [5, 5.41) is 3.06. The van der Waals surface area contributed by atoms with Gasteiger partial charge in [0, 0.05) is 19.6 Å². The van der Waals surface area contributed by atoms with Gasteiger partial charge in [-0.2, -0.15) is 0 Å². The van der Waals surface area contributed by atoms with Crippen LogP contribution in [0.2, 0.25) is 0 Å². The molecular formula is C10H17ClN2O3. The monoisotopic (exact) mass is 248 g/mol. The molecule has 1 atom stereocenters. The standard InChI is InChI=1S/C10H16N2O3.ClH/c1-15-10(14)8-3-2-4-12(8)9(13)7-5-11-6-7;/h7-8,11H,2-6H2,1H3;1H. The summed E-state index contributed by atoms with van der Waals surface area (Å²) in [4.78, 5) is 25.0. The molecule has 5 nitrogen and oxygen atoms in total. The summed E-state index contributed by atoms with van der Waals surface area (Å²) >= 11 is 0. The molecule has 0 aliphatic carbocycles. The lowest BCUT2D eigenvalue weighted by molar-refractivity contribution is -0.153. The molecule has 6 heteroatoms. The summed E-state index contributed by atoms with van der Waals surface area (Å²) in [5.74, 6) is -0.120. The second kappa shape index (κ2) is 5.50. The number of rotatable bonds is 2. The van der Waals surface area contributed by atoms with Gasteiger partial charge in [-0.05, 0) is 12.8 Å². The Morgan fingerprint density at radius 1 is 1.38 bits per heavy atom. The second-order valence-corrected chi connectivity index (χ2v) is 4.07. The van der Waals surface area contributed by atoms with Crippen molar-refractivity contribution in [3.63, 3.8) is 0 Å². The minimum atomic E-state index is -0.344. The zero-order chi connectivity index (χ0) is 10.8. The molecule has 2 rings (SSSR count). The topological polar surface area (TPSA) is 58.6 Å². The molecule has 92 valence electrons. The first-order valence-electron chi connectivity index (χ1n) is 5.33. The van der Waals surface area contributed by atoms with Gasteiger partial charge >= 0.3 is 5.97 Å². The van der Waals surface area contributed by atoms with Crippen LogP contribution in [0.5, 0.6) is 0 Å². The van der Waals surface area contributed by atoms with E-state index in [-0.39, 0.29) is 36.2 Å². The number of hydrogen-bond acceptors (Lipinski definition) is 4. The number of hydrogen-bond donors (Lipinski definition) is 1. The van der Waals surface area contributed by atoms with Crippen LogP contribution in [0.25, 0.3) is 0 Å². The molecule has 2 aliphatic rings. The summed E-state index contributed by atoms with van der Waals surface area (Å²) in [6, 6.07) is -0.344. The van der Waals surface area contributed by atoms with Crippen molar-refractivity contribution in [2.45, 2.75) is 18.9 Å². The van der Waals surface area contributed by atoms with E-state index < -0.39 is 0 Å².